The van der Waals surface area contributed by atoms with E-state index < -0.39 is 15.4 Å². The maximum absolute atomic E-state index is 12.3. The number of rotatable bonds is 4. The van der Waals surface area contributed by atoms with Crippen LogP contribution in [-0.4, -0.2) is 49.3 Å². The highest BCUT2D eigenvalue weighted by molar-refractivity contribution is 7.89. The number of ether oxygens (including phenoxy) is 1. The van der Waals surface area contributed by atoms with Crippen LogP contribution in [0.4, 0.5) is 4.79 Å². The Balaban J connectivity index is 1.45. The number of sulfone groups is 1. The zero-order chi connectivity index (χ0) is 23.8. The summed E-state index contributed by atoms with van der Waals surface area (Å²) in [6.07, 6.45) is 4.34. The number of carbonyl (C=O) groups excluding carboxylic acids is 1. The van der Waals surface area contributed by atoms with Crippen LogP contribution in [0.5, 0.6) is 0 Å². The van der Waals surface area contributed by atoms with Crippen LogP contribution >= 0.6 is 0 Å². The first kappa shape index (κ1) is 23.3. The normalized spacial score (nSPS) is 15.7. The lowest BCUT2D eigenvalue weighted by Crippen LogP contribution is -2.41. The summed E-state index contributed by atoms with van der Waals surface area (Å²) in [7, 11) is -3.06. The van der Waals surface area contributed by atoms with Crippen molar-refractivity contribution in [1.29, 1.82) is 0 Å². The molecule has 2 aromatic heterocycles. The minimum absolute atomic E-state index is 0.0254. The van der Waals surface area contributed by atoms with Crippen molar-refractivity contribution < 1.29 is 22.4 Å². The second kappa shape index (κ2) is 8.82. The highest BCUT2D eigenvalue weighted by Crippen LogP contribution is 2.33. The van der Waals surface area contributed by atoms with Crippen LogP contribution in [-0.2, 0) is 20.3 Å². The van der Waals surface area contributed by atoms with E-state index in [1.165, 1.54) is 6.26 Å². The molecule has 0 aliphatic carbocycles. The van der Waals surface area contributed by atoms with Crippen LogP contribution in [0.2, 0.25) is 0 Å². The summed E-state index contributed by atoms with van der Waals surface area (Å²) in [6.45, 7) is 6.90. The second-order valence-electron chi connectivity index (χ2n) is 9.76. The van der Waals surface area contributed by atoms with Crippen molar-refractivity contribution in [3.8, 4) is 11.3 Å². The predicted octanol–water partition coefficient (Wildman–Crippen LogP) is 5.15. The van der Waals surface area contributed by atoms with Gasteiger partial charge in [-0.2, -0.15) is 0 Å². The van der Waals surface area contributed by atoms with Gasteiger partial charge in [-0.25, -0.2) is 13.2 Å². The molecule has 176 valence electrons. The third kappa shape index (κ3) is 5.93. The number of nitrogens with zero attached hydrogens (tertiary/aromatic N) is 2. The number of hydrogen-bond donors (Lipinski definition) is 0. The van der Waals surface area contributed by atoms with E-state index in [1.54, 1.807) is 11.1 Å². The summed E-state index contributed by atoms with van der Waals surface area (Å²) in [5, 5.41) is 0.977. The highest BCUT2D eigenvalue weighted by atomic mass is 32.2. The third-order valence-electron chi connectivity index (χ3n) is 5.65. The molecule has 1 aromatic carbocycles. The number of fused-ring (bicyclic) bond motifs is 1. The van der Waals surface area contributed by atoms with Gasteiger partial charge in [-0.15, -0.1) is 0 Å². The molecule has 0 spiro atoms. The van der Waals surface area contributed by atoms with Crippen LogP contribution in [0.15, 0.2) is 47.0 Å². The minimum Gasteiger partial charge on any atom is -0.459 e. The lowest BCUT2D eigenvalue weighted by Gasteiger charge is -2.32. The van der Waals surface area contributed by atoms with Gasteiger partial charge in [0.1, 0.15) is 11.4 Å². The van der Waals surface area contributed by atoms with Gasteiger partial charge in [-0.05, 0) is 51.3 Å². The maximum Gasteiger partial charge on any atom is 0.410 e. The fourth-order valence-corrected chi connectivity index (χ4v) is 4.87. The van der Waals surface area contributed by atoms with Crippen LogP contribution in [0.1, 0.15) is 50.9 Å². The number of pyridine rings is 1. The number of likely N-dealkylation sites (tertiary alicyclic amines) is 1. The zero-order valence-corrected chi connectivity index (χ0v) is 20.3. The van der Waals surface area contributed by atoms with Crippen LogP contribution in [0, 0.1) is 0 Å². The first-order chi connectivity index (χ1) is 15.5. The molecule has 0 radical (unpaired) electrons. The van der Waals surface area contributed by atoms with E-state index in [4.69, 9.17) is 9.15 Å². The first-order valence-corrected chi connectivity index (χ1v) is 13.2. The van der Waals surface area contributed by atoms with Crippen molar-refractivity contribution >= 4 is 26.9 Å². The van der Waals surface area contributed by atoms with Gasteiger partial charge in [0.2, 0.25) is 0 Å². The number of aromatic nitrogens is 1. The molecule has 33 heavy (non-hydrogen) atoms. The van der Waals surface area contributed by atoms with E-state index in [9.17, 15) is 13.2 Å². The van der Waals surface area contributed by atoms with E-state index in [0.29, 0.717) is 13.1 Å². The van der Waals surface area contributed by atoms with Gasteiger partial charge in [0.25, 0.3) is 0 Å². The zero-order valence-electron chi connectivity index (χ0n) is 19.5. The smallest absolute Gasteiger partial charge is 0.410 e. The molecular weight excluding hydrogens is 440 g/mol. The molecule has 7 nitrogen and oxygen atoms in total. The SMILES string of the molecule is CC(C)(C)OC(=O)N1CCC(c2cc3cc(-c4ccc(CS(C)(=O)=O)cc4)ncc3o2)CC1. The van der Waals surface area contributed by atoms with Crippen molar-refractivity contribution in [1.82, 2.24) is 9.88 Å². The fourth-order valence-electron chi connectivity index (χ4n) is 4.07. The number of furan rings is 1. The summed E-state index contributed by atoms with van der Waals surface area (Å²) in [4.78, 5) is 18.6. The Bertz CT molecular complexity index is 1250. The monoisotopic (exact) mass is 470 g/mol. The highest BCUT2D eigenvalue weighted by Gasteiger charge is 2.29. The fraction of sp³-hybridized carbons (Fsp3) is 0.440. The Kier molecular flexibility index (Phi) is 6.22. The van der Waals surface area contributed by atoms with E-state index in [-0.39, 0.29) is 17.8 Å². The molecule has 0 unspecified atom stereocenters. The van der Waals surface area contributed by atoms with E-state index >= 15 is 0 Å². The molecule has 1 amide bonds. The standard InChI is InChI=1S/C25H30N2O5S/c1-25(2,3)32-24(28)27-11-9-19(10-12-27)22-14-20-13-21(26-15-23(20)31-22)18-7-5-17(6-8-18)16-33(4,29)30/h5-8,13-15,19H,9-12,16H2,1-4H3. The molecule has 3 aromatic rings. The minimum atomic E-state index is -3.06. The van der Waals surface area contributed by atoms with E-state index in [1.807, 2.05) is 51.1 Å². The summed E-state index contributed by atoms with van der Waals surface area (Å²) in [6, 6.07) is 11.5. The first-order valence-electron chi connectivity index (χ1n) is 11.1. The molecule has 1 aliphatic heterocycles. The van der Waals surface area contributed by atoms with Crippen LogP contribution < -0.4 is 0 Å². The average Bonchev–Trinajstić information content (AvgIpc) is 3.15. The van der Waals surface area contributed by atoms with E-state index in [2.05, 4.69) is 11.1 Å². The molecule has 1 fully saturated rings. The van der Waals surface area contributed by atoms with Gasteiger partial charge in [0, 0.05) is 36.2 Å². The second-order valence-corrected chi connectivity index (χ2v) is 11.9. The Labute approximate surface area is 194 Å². The maximum atomic E-state index is 12.3. The molecule has 0 atom stereocenters. The van der Waals surface area contributed by atoms with Gasteiger partial charge in [-0.3, -0.25) is 4.98 Å². The van der Waals surface area contributed by atoms with Crippen molar-refractivity contribution in [3.05, 3.63) is 53.9 Å². The van der Waals surface area contributed by atoms with Crippen LogP contribution in [0.25, 0.3) is 22.2 Å². The average molecular weight is 471 g/mol. The van der Waals surface area contributed by atoms with Gasteiger partial charge in [0.05, 0.1) is 17.6 Å². The van der Waals surface area contributed by atoms with Crippen molar-refractivity contribution in [2.75, 3.05) is 19.3 Å². The quantitative estimate of drug-likeness (QED) is 0.524. The van der Waals surface area contributed by atoms with Gasteiger partial charge in [0.15, 0.2) is 15.4 Å². The Morgan fingerprint density at radius 3 is 2.42 bits per heavy atom. The number of piperidine rings is 1. The van der Waals surface area contributed by atoms with Crippen molar-refractivity contribution in [3.63, 3.8) is 0 Å². The Morgan fingerprint density at radius 1 is 1.15 bits per heavy atom. The number of benzene rings is 1. The number of amides is 1. The van der Waals surface area contributed by atoms with Gasteiger partial charge < -0.3 is 14.1 Å². The molecule has 3 heterocycles. The van der Waals surface area contributed by atoms with Crippen LogP contribution in [0.3, 0.4) is 0 Å². The molecule has 4 rings (SSSR count). The topological polar surface area (TPSA) is 89.7 Å². The third-order valence-corrected chi connectivity index (χ3v) is 6.51. The predicted molar refractivity (Wildman–Crippen MR) is 128 cm³/mol. The molecule has 8 heteroatoms. The van der Waals surface area contributed by atoms with Crippen molar-refractivity contribution in [2.45, 2.75) is 50.9 Å². The Hall–Kier alpha value is -2.87. The van der Waals surface area contributed by atoms with E-state index in [0.717, 1.165) is 46.4 Å². The summed E-state index contributed by atoms with van der Waals surface area (Å²) in [5.41, 5.74) is 2.72. The molecule has 1 aliphatic rings. The van der Waals surface area contributed by atoms with Gasteiger partial charge >= 0.3 is 6.09 Å². The largest absolute Gasteiger partial charge is 0.459 e. The number of carbonyl (C=O) groups is 1. The molecule has 0 bridgehead atoms. The summed E-state index contributed by atoms with van der Waals surface area (Å²) in [5.74, 6) is 1.18. The summed E-state index contributed by atoms with van der Waals surface area (Å²) < 4.78 is 34.5. The van der Waals surface area contributed by atoms with Gasteiger partial charge in [-0.1, -0.05) is 24.3 Å². The molecule has 1 saturated heterocycles. The number of hydrogen-bond acceptors (Lipinski definition) is 6. The Morgan fingerprint density at radius 2 is 1.82 bits per heavy atom. The lowest BCUT2D eigenvalue weighted by molar-refractivity contribution is 0.0200. The molecular formula is C25H30N2O5S. The molecule has 0 saturated carbocycles. The lowest BCUT2D eigenvalue weighted by atomic mass is 9.94. The summed E-state index contributed by atoms with van der Waals surface area (Å²) >= 11 is 0. The van der Waals surface area contributed by atoms with Crippen molar-refractivity contribution in [2.24, 2.45) is 0 Å². The molecule has 0 N–H and O–H groups in total.